The smallest absolute Gasteiger partial charge is 0.337 e. The van der Waals surface area contributed by atoms with Crippen LogP contribution in [0.1, 0.15) is 17.3 Å². The highest BCUT2D eigenvalue weighted by Gasteiger charge is 2.16. The molecule has 0 aliphatic carbocycles. The number of nitrogens with two attached hydrogens (primary N) is 1. The molecule has 0 saturated carbocycles. The number of carbonyl (C=O) groups is 1. The maximum absolute atomic E-state index is 10.9. The Bertz CT molecular complexity index is 396. The Balaban J connectivity index is 3.03. The Kier molecular flexibility index (Phi) is 4.71. The first-order valence-corrected chi connectivity index (χ1v) is 5.33. The summed E-state index contributed by atoms with van der Waals surface area (Å²) in [6, 6.07) is 1.39. The van der Waals surface area contributed by atoms with Crippen molar-refractivity contribution in [3.8, 4) is 0 Å². The summed E-state index contributed by atoms with van der Waals surface area (Å²) < 4.78 is 4.99. The number of aromatic carboxylic acids is 1. The van der Waals surface area contributed by atoms with Crippen LogP contribution in [0.5, 0.6) is 0 Å². The van der Waals surface area contributed by atoms with Crippen LogP contribution in [0, 0.1) is 0 Å². The largest absolute Gasteiger partial charge is 0.478 e. The number of pyridine rings is 1. The second kappa shape index (κ2) is 6.05. The number of methoxy groups -OCH3 is 1. The predicted molar refractivity (Wildman–Crippen MR) is 65.4 cm³/mol. The van der Waals surface area contributed by atoms with Crippen molar-refractivity contribution < 1.29 is 14.6 Å². The molecular weight excluding hydrogens is 222 g/mol. The molecule has 0 spiro atoms. The first-order valence-electron chi connectivity index (χ1n) is 5.33. The van der Waals surface area contributed by atoms with E-state index in [9.17, 15) is 4.79 Å². The number of hydrogen-bond acceptors (Lipinski definition) is 5. The van der Waals surface area contributed by atoms with Gasteiger partial charge in [-0.15, -0.1) is 0 Å². The molecule has 0 radical (unpaired) electrons. The molecule has 0 aliphatic heterocycles. The predicted octanol–water partition coefficient (Wildman–Crippen LogP) is 0.835. The highest BCUT2D eigenvalue weighted by atomic mass is 16.5. The third kappa shape index (κ3) is 3.07. The molecule has 0 bridgehead atoms. The van der Waals surface area contributed by atoms with E-state index in [1.165, 1.54) is 12.3 Å². The van der Waals surface area contributed by atoms with Crippen LogP contribution < -0.4 is 10.6 Å². The summed E-state index contributed by atoms with van der Waals surface area (Å²) in [6.07, 6.45) is 1.45. The standard InChI is InChI=1S/C11H17N3O3/c1-3-14(6-7-17-2)10-9(12)8(11(15)16)4-5-13-10/h4-5H,3,6-7,12H2,1-2H3,(H,15,16). The zero-order chi connectivity index (χ0) is 12.8. The third-order valence-electron chi connectivity index (χ3n) is 2.45. The van der Waals surface area contributed by atoms with Crippen molar-refractivity contribution in [2.45, 2.75) is 6.92 Å². The molecule has 0 aromatic carbocycles. The SMILES string of the molecule is CCN(CCOC)c1nccc(C(=O)O)c1N. The van der Waals surface area contributed by atoms with E-state index in [4.69, 9.17) is 15.6 Å². The summed E-state index contributed by atoms with van der Waals surface area (Å²) in [5, 5.41) is 8.97. The number of rotatable bonds is 6. The summed E-state index contributed by atoms with van der Waals surface area (Å²) in [6.45, 7) is 3.79. The van der Waals surface area contributed by atoms with Crippen LogP contribution in [0.15, 0.2) is 12.3 Å². The summed E-state index contributed by atoms with van der Waals surface area (Å²) in [7, 11) is 1.61. The highest BCUT2D eigenvalue weighted by Crippen LogP contribution is 2.23. The van der Waals surface area contributed by atoms with Gasteiger partial charge in [-0.25, -0.2) is 9.78 Å². The van der Waals surface area contributed by atoms with E-state index < -0.39 is 5.97 Å². The second-order valence-electron chi connectivity index (χ2n) is 3.47. The van der Waals surface area contributed by atoms with Crippen molar-refractivity contribution in [1.82, 2.24) is 4.98 Å². The fourth-order valence-electron chi connectivity index (χ4n) is 1.52. The van der Waals surface area contributed by atoms with Gasteiger partial charge in [0.1, 0.15) is 0 Å². The third-order valence-corrected chi connectivity index (χ3v) is 2.45. The van der Waals surface area contributed by atoms with Crippen molar-refractivity contribution in [2.75, 3.05) is 37.4 Å². The molecule has 1 aromatic heterocycles. The number of carboxylic acids is 1. The number of likely N-dealkylation sites (N-methyl/N-ethyl adjacent to an activating group) is 1. The normalized spacial score (nSPS) is 10.2. The first-order chi connectivity index (χ1) is 8.11. The van der Waals surface area contributed by atoms with E-state index in [0.717, 1.165) is 0 Å². The Morgan fingerprint density at radius 1 is 1.65 bits per heavy atom. The maximum Gasteiger partial charge on any atom is 0.337 e. The van der Waals surface area contributed by atoms with Crippen LogP contribution in [0.25, 0.3) is 0 Å². The van der Waals surface area contributed by atoms with E-state index in [1.54, 1.807) is 7.11 Å². The number of carboxylic acid groups (broad SMARTS) is 1. The lowest BCUT2D eigenvalue weighted by Gasteiger charge is -2.23. The molecule has 1 aromatic rings. The molecule has 0 fully saturated rings. The average molecular weight is 239 g/mol. The molecule has 6 nitrogen and oxygen atoms in total. The van der Waals surface area contributed by atoms with Gasteiger partial charge in [0.15, 0.2) is 5.82 Å². The molecule has 1 rings (SSSR count). The highest BCUT2D eigenvalue weighted by molar-refractivity contribution is 5.96. The number of anilines is 2. The number of nitrogens with zero attached hydrogens (tertiary/aromatic N) is 2. The quantitative estimate of drug-likeness (QED) is 0.764. The number of aromatic nitrogens is 1. The van der Waals surface area contributed by atoms with Gasteiger partial charge in [-0.1, -0.05) is 0 Å². The van der Waals surface area contributed by atoms with Gasteiger partial charge in [0.2, 0.25) is 0 Å². The maximum atomic E-state index is 10.9. The zero-order valence-corrected chi connectivity index (χ0v) is 10.0. The Morgan fingerprint density at radius 3 is 2.88 bits per heavy atom. The van der Waals surface area contributed by atoms with Crippen molar-refractivity contribution in [3.05, 3.63) is 17.8 Å². The second-order valence-corrected chi connectivity index (χ2v) is 3.47. The first kappa shape index (κ1) is 13.2. The zero-order valence-electron chi connectivity index (χ0n) is 10.0. The van der Waals surface area contributed by atoms with Crippen molar-refractivity contribution in [3.63, 3.8) is 0 Å². The van der Waals surface area contributed by atoms with E-state index in [2.05, 4.69) is 4.98 Å². The molecule has 0 aliphatic rings. The fraction of sp³-hybridized carbons (Fsp3) is 0.455. The van der Waals surface area contributed by atoms with Gasteiger partial charge in [0.05, 0.1) is 17.9 Å². The van der Waals surface area contributed by atoms with Crippen LogP contribution in [0.4, 0.5) is 11.5 Å². The van der Waals surface area contributed by atoms with E-state index in [0.29, 0.717) is 25.5 Å². The fourth-order valence-corrected chi connectivity index (χ4v) is 1.52. The molecular formula is C11H17N3O3. The van der Waals surface area contributed by atoms with Gasteiger partial charge in [0, 0.05) is 26.4 Å². The lowest BCUT2D eigenvalue weighted by atomic mass is 10.2. The molecule has 0 atom stereocenters. The molecule has 3 N–H and O–H groups in total. The van der Waals surface area contributed by atoms with Crippen molar-refractivity contribution in [1.29, 1.82) is 0 Å². The van der Waals surface area contributed by atoms with Crippen LogP contribution in [0.3, 0.4) is 0 Å². The van der Waals surface area contributed by atoms with Crippen LogP contribution >= 0.6 is 0 Å². The summed E-state index contributed by atoms with van der Waals surface area (Å²) in [4.78, 5) is 17.0. The van der Waals surface area contributed by atoms with Gasteiger partial charge in [-0.05, 0) is 13.0 Å². The van der Waals surface area contributed by atoms with Crippen LogP contribution in [-0.2, 0) is 4.74 Å². The van der Waals surface area contributed by atoms with Gasteiger partial charge < -0.3 is 20.5 Å². The van der Waals surface area contributed by atoms with E-state index in [1.807, 2.05) is 11.8 Å². The monoisotopic (exact) mass is 239 g/mol. The molecule has 17 heavy (non-hydrogen) atoms. The molecule has 0 unspecified atom stereocenters. The minimum atomic E-state index is -1.05. The minimum Gasteiger partial charge on any atom is -0.478 e. The average Bonchev–Trinajstić information content (AvgIpc) is 2.31. The summed E-state index contributed by atoms with van der Waals surface area (Å²) in [5.41, 5.74) is 6.07. The summed E-state index contributed by atoms with van der Waals surface area (Å²) in [5.74, 6) is -0.557. The van der Waals surface area contributed by atoms with Crippen molar-refractivity contribution in [2.24, 2.45) is 0 Å². The van der Waals surface area contributed by atoms with Gasteiger partial charge in [-0.2, -0.15) is 0 Å². The van der Waals surface area contributed by atoms with Gasteiger partial charge in [-0.3, -0.25) is 0 Å². The summed E-state index contributed by atoms with van der Waals surface area (Å²) >= 11 is 0. The number of hydrogen-bond donors (Lipinski definition) is 2. The van der Waals surface area contributed by atoms with Crippen LogP contribution in [0.2, 0.25) is 0 Å². The van der Waals surface area contributed by atoms with Gasteiger partial charge >= 0.3 is 5.97 Å². The van der Waals surface area contributed by atoms with Crippen LogP contribution in [-0.4, -0.2) is 42.9 Å². The molecule has 0 saturated heterocycles. The van der Waals surface area contributed by atoms with Gasteiger partial charge in [0.25, 0.3) is 0 Å². The lowest BCUT2D eigenvalue weighted by molar-refractivity contribution is 0.0698. The number of ether oxygens (including phenoxy) is 1. The minimum absolute atomic E-state index is 0.0749. The molecule has 1 heterocycles. The Labute approximate surface area is 100 Å². The van der Waals surface area contributed by atoms with Crippen molar-refractivity contribution >= 4 is 17.5 Å². The lowest BCUT2D eigenvalue weighted by Crippen LogP contribution is -2.29. The van der Waals surface area contributed by atoms with E-state index in [-0.39, 0.29) is 11.3 Å². The molecule has 0 amide bonds. The Hall–Kier alpha value is -1.82. The molecule has 6 heteroatoms. The van der Waals surface area contributed by atoms with E-state index >= 15 is 0 Å². The Morgan fingerprint density at radius 2 is 2.35 bits per heavy atom. The number of nitrogen functional groups attached to an aromatic ring is 1. The molecule has 94 valence electrons. The topological polar surface area (TPSA) is 88.7 Å².